The fraction of sp³-hybridized carbons (Fsp3) is 0.800. The molecule has 0 amide bonds. The Labute approximate surface area is 127 Å². The lowest BCUT2D eigenvalue weighted by Crippen LogP contribution is -2.35. The van der Waals surface area contributed by atoms with E-state index in [4.69, 9.17) is 9.72 Å². The number of aromatic nitrogens is 1. The minimum absolute atomic E-state index is 0.114. The molecule has 0 bridgehead atoms. The summed E-state index contributed by atoms with van der Waals surface area (Å²) < 4.78 is 5.27. The highest BCUT2D eigenvalue weighted by atomic mass is 32.1. The summed E-state index contributed by atoms with van der Waals surface area (Å²) in [6.07, 6.45) is 2.41. The Balaban J connectivity index is 2.78. The van der Waals surface area contributed by atoms with E-state index in [1.54, 1.807) is 18.4 Å². The minimum Gasteiger partial charge on any atom is -0.378 e. The molecule has 1 rings (SSSR count). The van der Waals surface area contributed by atoms with Gasteiger partial charge in [0.15, 0.2) is 5.13 Å². The van der Waals surface area contributed by atoms with Gasteiger partial charge in [-0.25, -0.2) is 4.98 Å². The van der Waals surface area contributed by atoms with Crippen LogP contribution in [0.1, 0.15) is 51.1 Å². The summed E-state index contributed by atoms with van der Waals surface area (Å²) in [6.45, 7) is 11.2. The molecule has 20 heavy (non-hydrogen) atoms. The molecule has 0 aromatic carbocycles. The quantitative estimate of drug-likeness (QED) is 0.798. The third-order valence-electron chi connectivity index (χ3n) is 3.00. The first-order valence-corrected chi connectivity index (χ1v) is 8.12. The van der Waals surface area contributed by atoms with Crippen molar-refractivity contribution >= 4 is 16.5 Å². The van der Waals surface area contributed by atoms with Crippen LogP contribution < -0.4 is 10.2 Å². The standard InChI is InChI=1S/C15H29N3OS/c1-7-8-9-18(5)14-17-12(11-19-6)13(20-14)10-16-15(2,3)4/h16H,7-11H2,1-6H3. The first-order valence-electron chi connectivity index (χ1n) is 7.31. The van der Waals surface area contributed by atoms with Crippen molar-refractivity contribution in [1.82, 2.24) is 10.3 Å². The molecule has 4 nitrogen and oxygen atoms in total. The second-order valence-corrected chi connectivity index (χ2v) is 7.24. The number of methoxy groups -OCH3 is 1. The normalized spacial score (nSPS) is 11.9. The molecular weight excluding hydrogens is 270 g/mol. The van der Waals surface area contributed by atoms with Gasteiger partial charge in [-0.15, -0.1) is 11.3 Å². The minimum atomic E-state index is 0.114. The summed E-state index contributed by atoms with van der Waals surface area (Å²) in [6, 6.07) is 0. The zero-order chi connectivity index (χ0) is 15.2. The average Bonchev–Trinajstić information content (AvgIpc) is 2.76. The SMILES string of the molecule is CCCCN(C)c1nc(COC)c(CNC(C)(C)C)s1. The molecule has 0 saturated heterocycles. The number of ether oxygens (including phenoxy) is 1. The van der Waals surface area contributed by atoms with Crippen molar-refractivity contribution in [2.75, 3.05) is 25.6 Å². The molecule has 1 heterocycles. The van der Waals surface area contributed by atoms with E-state index < -0.39 is 0 Å². The predicted octanol–water partition coefficient (Wildman–Crippen LogP) is 3.41. The first kappa shape index (κ1) is 17.4. The predicted molar refractivity (Wildman–Crippen MR) is 87.6 cm³/mol. The van der Waals surface area contributed by atoms with E-state index in [2.05, 4.69) is 45.0 Å². The lowest BCUT2D eigenvalue weighted by Gasteiger charge is -2.20. The molecule has 1 N–H and O–H groups in total. The van der Waals surface area contributed by atoms with Gasteiger partial charge in [-0.05, 0) is 27.2 Å². The van der Waals surface area contributed by atoms with Crippen molar-refractivity contribution in [3.63, 3.8) is 0 Å². The molecule has 0 radical (unpaired) electrons. The Morgan fingerprint density at radius 1 is 1.35 bits per heavy atom. The molecule has 0 aliphatic rings. The molecule has 0 atom stereocenters. The number of hydrogen-bond acceptors (Lipinski definition) is 5. The molecule has 0 aliphatic heterocycles. The Morgan fingerprint density at radius 2 is 2.05 bits per heavy atom. The van der Waals surface area contributed by atoms with Gasteiger partial charge in [0.1, 0.15) is 0 Å². The monoisotopic (exact) mass is 299 g/mol. The van der Waals surface area contributed by atoms with Crippen molar-refractivity contribution in [3.8, 4) is 0 Å². The second kappa shape index (κ2) is 7.96. The fourth-order valence-electron chi connectivity index (χ4n) is 1.76. The van der Waals surface area contributed by atoms with Crippen LogP contribution in [0.4, 0.5) is 5.13 Å². The van der Waals surface area contributed by atoms with E-state index in [1.165, 1.54) is 17.7 Å². The maximum Gasteiger partial charge on any atom is 0.185 e. The van der Waals surface area contributed by atoms with Gasteiger partial charge in [-0.3, -0.25) is 0 Å². The van der Waals surface area contributed by atoms with Crippen LogP contribution in [0.3, 0.4) is 0 Å². The van der Waals surface area contributed by atoms with Crippen LogP contribution in [-0.4, -0.2) is 31.2 Å². The molecule has 0 fully saturated rings. The summed E-state index contributed by atoms with van der Waals surface area (Å²) in [7, 11) is 3.84. The molecule has 116 valence electrons. The van der Waals surface area contributed by atoms with Gasteiger partial charge in [-0.2, -0.15) is 0 Å². The summed E-state index contributed by atoms with van der Waals surface area (Å²) in [4.78, 5) is 8.25. The Bertz CT molecular complexity index is 398. The third-order valence-corrected chi connectivity index (χ3v) is 4.21. The van der Waals surface area contributed by atoms with Gasteiger partial charge in [0, 0.05) is 37.7 Å². The van der Waals surface area contributed by atoms with E-state index in [0.717, 1.165) is 23.9 Å². The highest BCUT2D eigenvalue weighted by Crippen LogP contribution is 2.27. The van der Waals surface area contributed by atoms with Crippen LogP contribution >= 0.6 is 11.3 Å². The van der Waals surface area contributed by atoms with Crippen molar-refractivity contribution in [1.29, 1.82) is 0 Å². The zero-order valence-electron chi connectivity index (χ0n) is 13.7. The number of rotatable bonds is 8. The number of anilines is 1. The van der Waals surface area contributed by atoms with Crippen molar-refractivity contribution in [2.45, 2.75) is 59.2 Å². The van der Waals surface area contributed by atoms with Crippen LogP contribution in [0.2, 0.25) is 0 Å². The van der Waals surface area contributed by atoms with Gasteiger partial charge in [0.05, 0.1) is 12.3 Å². The first-order chi connectivity index (χ1) is 9.37. The van der Waals surface area contributed by atoms with Crippen LogP contribution in [0.25, 0.3) is 0 Å². The zero-order valence-corrected chi connectivity index (χ0v) is 14.6. The van der Waals surface area contributed by atoms with E-state index in [9.17, 15) is 0 Å². The molecule has 0 unspecified atom stereocenters. The topological polar surface area (TPSA) is 37.4 Å². The molecule has 0 aliphatic carbocycles. The van der Waals surface area contributed by atoms with Gasteiger partial charge < -0.3 is 15.0 Å². The number of unbranched alkanes of at least 4 members (excludes halogenated alkanes) is 1. The van der Waals surface area contributed by atoms with E-state index in [-0.39, 0.29) is 5.54 Å². The molecule has 5 heteroatoms. The molecule has 0 saturated carbocycles. The smallest absolute Gasteiger partial charge is 0.185 e. The van der Waals surface area contributed by atoms with Gasteiger partial charge >= 0.3 is 0 Å². The molecule has 1 aromatic rings. The highest BCUT2D eigenvalue weighted by molar-refractivity contribution is 7.15. The highest BCUT2D eigenvalue weighted by Gasteiger charge is 2.16. The number of nitrogens with one attached hydrogen (secondary N) is 1. The number of thiazole rings is 1. The average molecular weight is 299 g/mol. The second-order valence-electron chi connectivity index (χ2n) is 6.18. The largest absolute Gasteiger partial charge is 0.378 e. The Morgan fingerprint density at radius 3 is 2.60 bits per heavy atom. The molecular formula is C15H29N3OS. The van der Waals surface area contributed by atoms with Gasteiger partial charge in [0.25, 0.3) is 0 Å². The maximum absolute atomic E-state index is 5.27. The van der Waals surface area contributed by atoms with Crippen LogP contribution in [0.5, 0.6) is 0 Å². The van der Waals surface area contributed by atoms with Crippen molar-refractivity contribution < 1.29 is 4.74 Å². The Hall–Kier alpha value is -0.650. The van der Waals surface area contributed by atoms with E-state index >= 15 is 0 Å². The fourth-order valence-corrected chi connectivity index (χ4v) is 2.75. The van der Waals surface area contributed by atoms with Gasteiger partial charge in [-0.1, -0.05) is 13.3 Å². The van der Waals surface area contributed by atoms with Crippen LogP contribution in [0.15, 0.2) is 0 Å². The van der Waals surface area contributed by atoms with Crippen molar-refractivity contribution in [3.05, 3.63) is 10.6 Å². The Kier molecular flexibility index (Phi) is 6.92. The molecule has 0 spiro atoms. The molecule has 1 aromatic heterocycles. The van der Waals surface area contributed by atoms with E-state index in [0.29, 0.717) is 6.61 Å². The third kappa shape index (κ3) is 5.77. The van der Waals surface area contributed by atoms with Crippen molar-refractivity contribution in [2.24, 2.45) is 0 Å². The summed E-state index contributed by atoms with van der Waals surface area (Å²) in [5.74, 6) is 0. The number of nitrogens with zero attached hydrogens (tertiary/aromatic N) is 2. The number of hydrogen-bond donors (Lipinski definition) is 1. The van der Waals surface area contributed by atoms with Crippen LogP contribution in [0, 0.1) is 0 Å². The summed E-state index contributed by atoms with van der Waals surface area (Å²) in [5.41, 5.74) is 1.18. The maximum atomic E-state index is 5.27. The lowest BCUT2D eigenvalue weighted by atomic mass is 10.1. The van der Waals surface area contributed by atoms with Gasteiger partial charge in [0.2, 0.25) is 0 Å². The lowest BCUT2D eigenvalue weighted by molar-refractivity contribution is 0.181. The summed E-state index contributed by atoms with van der Waals surface area (Å²) >= 11 is 1.77. The van der Waals surface area contributed by atoms with Crippen LogP contribution in [-0.2, 0) is 17.9 Å². The summed E-state index contributed by atoms with van der Waals surface area (Å²) in [5, 5.41) is 4.62. The van der Waals surface area contributed by atoms with E-state index in [1.807, 2.05) is 0 Å².